The zero-order valence-electron chi connectivity index (χ0n) is 19.8. The highest BCUT2D eigenvalue weighted by Crippen LogP contribution is 2.35. The molecule has 0 saturated carbocycles. The van der Waals surface area contributed by atoms with E-state index in [-0.39, 0.29) is 19.0 Å². The highest BCUT2D eigenvalue weighted by Gasteiger charge is 2.27. The fraction of sp³-hybridized carbons (Fsp3) is 0.423. The lowest BCUT2D eigenvalue weighted by Gasteiger charge is -2.22. The van der Waals surface area contributed by atoms with Crippen LogP contribution >= 0.6 is 22.7 Å². The molecule has 0 aliphatic carbocycles. The minimum atomic E-state index is -1.08. The summed E-state index contributed by atoms with van der Waals surface area (Å²) in [5, 5.41) is 30.2. The molecule has 0 radical (unpaired) electrons. The van der Waals surface area contributed by atoms with Gasteiger partial charge in [-0.25, -0.2) is 0 Å². The third-order valence-corrected chi connectivity index (χ3v) is 9.30. The van der Waals surface area contributed by atoms with Crippen molar-refractivity contribution in [3.05, 3.63) is 51.7 Å². The molecule has 0 bridgehead atoms. The van der Waals surface area contributed by atoms with Crippen molar-refractivity contribution in [2.45, 2.75) is 37.8 Å². The first-order valence-corrected chi connectivity index (χ1v) is 13.9. The maximum absolute atomic E-state index is 12.7. The van der Waals surface area contributed by atoms with Crippen molar-refractivity contribution in [3.8, 4) is 0 Å². The van der Waals surface area contributed by atoms with Gasteiger partial charge in [-0.15, -0.1) is 22.7 Å². The topological polar surface area (TPSA) is 123 Å². The van der Waals surface area contributed by atoms with Gasteiger partial charge >= 0.3 is 5.97 Å². The van der Waals surface area contributed by atoms with Crippen molar-refractivity contribution in [1.82, 2.24) is 16.0 Å². The number of aliphatic hydroxyl groups is 1. The number of aliphatic hydroxyl groups excluding tert-OH is 1. The first-order chi connectivity index (χ1) is 17.5. The van der Waals surface area contributed by atoms with E-state index in [0.717, 1.165) is 34.8 Å². The molecular formula is C26H30N4O4S2. The molecule has 1 unspecified atom stereocenters. The number of carbonyl (C=O) groups is 2. The molecule has 36 heavy (non-hydrogen) atoms. The third kappa shape index (κ3) is 5.68. The molecule has 1 amide bonds. The molecule has 10 heteroatoms. The lowest BCUT2D eigenvalue weighted by molar-refractivity contribution is -0.139. The quantitative estimate of drug-likeness (QED) is 0.276. The van der Waals surface area contributed by atoms with Crippen molar-refractivity contribution in [2.24, 2.45) is 10.9 Å². The first kappa shape index (κ1) is 25.0. The minimum Gasteiger partial charge on any atom is -0.480 e. The fourth-order valence-corrected chi connectivity index (χ4v) is 7.17. The summed E-state index contributed by atoms with van der Waals surface area (Å²) in [6.07, 6.45) is 3.93. The summed E-state index contributed by atoms with van der Waals surface area (Å²) in [5.41, 5.74) is 1.86. The largest absolute Gasteiger partial charge is 0.480 e. The van der Waals surface area contributed by atoms with Crippen molar-refractivity contribution in [3.63, 3.8) is 0 Å². The lowest BCUT2D eigenvalue weighted by atomic mass is 9.93. The number of aliphatic carboxylic acids is 1. The number of carbonyl (C=O) groups excluding carboxylic acids is 1. The average Bonchev–Trinajstić information content (AvgIpc) is 3.55. The molecular weight excluding hydrogens is 496 g/mol. The minimum absolute atomic E-state index is 0.0719. The van der Waals surface area contributed by atoms with Gasteiger partial charge in [-0.3, -0.25) is 19.9 Å². The van der Waals surface area contributed by atoms with Gasteiger partial charge in [-0.1, -0.05) is 18.2 Å². The zero-order chi connectivity index (χ0) is 25.1. The van der Waals surface area contributed by atoms with Crippen molar-refractivity contribution >= 4 is 55.3 Å². The van der Waals surface area contributed by atoms with Crippen LogP contribution in [0.1, 0.15) is 45.5 Å². The highest BCUT2D eigenvalue weighted by atomic mass is 32.2. The maximum atomic E-state index is 12.7. The lowest BCUT2D eigenvalue weighted by Crippen LogP contribution is -2.47. The summed E-state index contributed by atoms with van der Waals surface area (Å²) in [5.74, 6) is -0.562. The second-order valence-corrected chi connectivity index (χ2v) is 11.8. The number of nitrogens with one attached hydrogen (secondary N) is 3. The molecule has 2 atom stereocenters. The van der Waals surface area contributed by atoms with Crippen LogP contribution in [-0.4, -0.2) is 60.0 Å². The number of benzene rings is 1. The number of hydrogen-bond donors (Lipinski definition) is 5. The number of carboxylic acids is 1. The Kier molecular flexibility index (Phi) is 7.78. The van der Waals surface area contributed by atoms with E-state index in [1.165, 1.54) is 35.5 Å². The van der Waals surface area contributed by atoms with Gasteiger partial charge in [0.15, 0.2) is 0 Å². The second kappa shape index (κ2) is 11.2. The normalized spacial score (nSPS) is 18.7. The number of nitrogens with zero attached hydrogens (tertiary/aromatic N) is 1. The van der Waals surface area contributed by atoms with Crippen LogP contribution in [0.5, 0.6) is 0 Å². The van der Waals surface area contributed by atoms with E-state index in [1.54, 1.807) is 17.4 Å². The molecule has 3 aromatic rings. The molecule has 1 saturated heterocycles. The van der Waals surface area contributed by atoms with Gasteiger partial charge in [0.2, 0.25) is 0 Å². The number of rotatable bonds is 10. The van der Waals surface area contributed by atoms with Crippen LogP contribution in [0.3, 0.4) is 0 Å². The Bertz CT molecular complexity index is 1250. The van der Waals surface area contributed by atoms with Gasteiger partial charge in [0, 0.05) is 28.9 Å². The van der Waals surface area contributed by atoms with Gasteiger partial charge in [0.1, 0.15) is 12.1 Å². The first-order valence-electron chi connectivity index (χ1n) is 12.3. The molecule has 2 aliphatic rings. The van der Waals surface area contributed by atoms with Crippen molar-refractivity contribution in [1.29, 1.82) is 0 Å². The van der Waals surface area contributed by atoms with Crippen LogP contribution in [-0.2, 0) is 11.2 Å². The molecule has 8 nitrogen and oxygen atoms in total. The number of para-hydroxylation sites is 1. The summed E-state index contributed by atoms with van der Waals surface area (Å²) >= 11 is 3.20. The van der Waals surface area contributed by atoms with Crippen LogP contribution in [0, 0.1) is 5.92 Å². The summed E-state index contributed by atoms with van der Waals surface area (Å²) in [6.45, 7) is 2.27. The monoisotopic (exact) mass is 526 g/mol. The van der Waals surface area contributed by atoms with Gasteiger partial charge in [-0.2, -0.15) is 0 Å². The van der Waals surface area contributed by atoms with E-state index in [4.69, 9.17) is 0 Å². The summed E-state index contributed by atoms with van der Waals surface area (Å²) in [6, 6.07) is 10.3. The molecule has 1 aromatic carbocycles. The van der Waals surface area contributed by atoms with E-state index in [2.05, 4.69) is 27.0 Å². The van der Waals surface area contributed by atoms with Gasteiger partial charge < -0.3 is 20.8 Å². The Morgan fingerprint density at radius 2 is 1.97 bits per heavy atom. The third-order valence-electron chi connectivity index (χ3n) is 6.85. The number of amides is 1. The van der Waals surface area contributed by atoms with E-state index >= 15 is 0 Å². The smallest absolute Gasteiger partial charge is 0.322 e. The second-order valence-electron chi connectivity index (χ2n) is 9.34. The fourth-order valence-electron chi connectivity index (χ4n) is 4.75. The number of hydrogen-bond acceptors (Lipinski definition) is 8. The average molecular weight is 527 g/mol. The van der Waals surface area contributed by atoms with Gasteiger partial charge in [0.25, 0.3) is 5.91 Å². The number of piperidine rings is 1. The zero-order valence-corrected chi connectivity index (χ0v) is 21.5. The number of thiophene rings is 2. The Labute approximate surface area is 217 Å². The molecule has 4 heterocycles. The SMILES string of the molecule is O=C(NC[C@H](NCC1=Nc2ccccc2C1O)C(=O)O)c1cc2cc(CCC3CCNCC3)sc2s1. The van der Waals surface area contributed by atoms with E-state index in [0.29, 0.717) is 21.8 Å². The summed E-state index contributed by atoms with van der Waals surface area (Å²) in [7, 11) is 0. The number of aliphatic imine (C=N–C) groups is 1. The molecule has 0 spiro atoms. The van der Waals surface area contributed by atoms with Crippen LogP contribution in [0.2, 0.25) is 0 Å². The number of aryl methyl sites for hydroxylation is 1. The highest BCUT2D eigenvalue weighted by molar-refractivity contribution is 7.39. The molecule has 2 aromatic heterocycles. The Morgan fingerprint density at radius 1 is 1.17 bits per heavy atom. The van der Waals surface area contributed by atoms with Crippen LogP contribution in [0.25, 0.3) is 9.40 Å². The van der Waals surface area contributed by atoms with E-state index in [9.17, 15) is 19.8 Å². The van der Waals surface area contributed by atoms with Crippen LogP contribution in [0.4, 0.5) is 5.69 Å². The maximum Gasteiger partial charge on any atom is 0.322 e. The van der Waals surface area contributed by atoms with Crippen LogP contribution < -0.4 is 16.0 Å². The van der Waals surface area contributed by atoms with E-state index in [1.807, 2.05) is 24.3 Å². The number of fused-ring (bicyclic) bond motifs is 2. The van der Waals surface area contributed by atoms with Gasteiger partial charge in [-0.05, 0) is 62.9 Å². The molecule has 1 fully saturated rings. The molecule has 2 aliphatic heterocycles. The Morgan fingerprint density at radius 3 is 2.72 bits per heavy atom. The molecule has 5 N–H and O–H groups in total. The predicted octanol–water partition coefficient (Wildman–Crippen LogP) is 3.49. The standard InChI is InChI=1S/C26H30N4O4S2/c31-23-18-3-1-2-4-19(18)30-20(23)13-28-21(25(33)34)14-29-24(32)22-12-16-11-17(35-26(16)36-22)6-5-15-7-9-27-10-8-15/h1-4,11-12,15,21,23,27-28,31H,5-10,13-14H2,(H,29,32)(H,33,34)/t21-,23?/m0/s1. The van der Waals surface area contributed by atoms with E-state index < -0.39 is 18.1 Å². The predicted molar refractivity (Wildman–Crippen MR) is 144 cm³/mol. The molecule has 5 rings (SSSR count). The summed E-state index contributed by atoms with van der Waals surface area (Å²) in [4.78, 5) is 30.8. The Balaban J connectivity index is 1.13. The van der Waals surface area contributed by atoms with Crippen molar-refractivity contribution in [2.75, 3.05) is 26.2 Å². The van der Waals surface area contributed by atoms with Gasteiger partial charge in [0.05, 0.1) is 20.3 Å². The summed E-state index contributed by atoms with van der Waals surface area (Å²) < 4.78 is 1.13. The Hall–Kier alpha value is -2.63. The number of carboxylic acid groups (broad SMARTS) is 1. The van der Waals surface area contributed by atoms with Crippen molar-refractivity contribution < 1.29 is 19.8 Å². The molecule has 190 valence electrons. The van der Waals surface area contributed by atoms with Crippen LogP contribution in [0.15, 0.2) is 41.4 Å².